The summed E-state index contributed by atoms with van der Waals surface area (Å²) in [6, 6.07) is 6.38. The number of ether oxygens (including phenoxy) is 2. The van der Waals surface area contributed by atoms with Crippen molar-refractivity contribution in [3.8, 4) is 11.5 Å². The number of benzene rings is 1. The average molecular weight is 427 g/mol. The van der Waals surface area contributed by atoms with Crippen molar-refractivity contribution < 1.29 is 24.2 Å². The van der Waals surface area contributed by atoms with Crippen LogP contribution in [0.2, 0.25) is 0 Å². The van der Waals surface area contributed by atoms with Gasteiger partial charge in [0.05, 0.1) is 31.6 Å². The summed E-state index contributed by atoms with van der Waals surface area (Å²) < 4.78 is 14.2. The molecule has 3 rings (SSSR count). The van der Waals surface area contributed by atoms with Crippen molar-refractivity contribution in [2.24, 2.45) is 0 Å². The SMILES string of the molecule is CCOc1ccc(Cn2cc(NC(=O)C(C)n3ccc(C(=O)O)n3)cn2)cc1OCC. The van der Waals surface area contributed by atoms with E-state index < -0.39 is 12.0 Å². The van der Waals surface area contributed by atoms with Crippen LogP contribution < -0.4 is 14.8 Å². The topological polar surface area (TPSA) is 120 Å². The zero-order valence-electron chi connectivity index (χ0n) is 17.6. The number of hydrogen-bond acceptors (Lipinski definition) is 6. The molecule has 0 aliphatic rings. The molecule has 1 aromatic carbocycles. The second kappa shape index (κ2) is 9.79. The summed E-state index contributed by atoms with van der Waals surface area (Å²) in [6.07, 6.45) is 4.72. The molecule has 0 spiro atoms. The normalized spacial score (nSPS) is 11.7. The minimum absolute atomic E-state index is 0.116. The lowest BCUT2D eigenvalue weighted by atomic mass is 10.2. The molecule has 0 fully saturated rings. The maximum Gasteiger partial charge on any atom is 0.356 e. The molecular formula is C21H25N5O5. The molecule has 0 aliphatic heterocycles. The molecule has 10 nitrogen and oxygen atoms in total. The van der Waals surface area contributed by atoms with Gasteiger partial charge in [-0.15, -0.1) is 0 Å². The maximum absolute atomic E-state index is 12.5. The third-order valence-corrected chi connectivity index (χ3v) is 4.46. The molecule has 164 valence electrons. The van der Waals surface area contributed by atoms with Crippen LogP contribution in [-0.2, 0) is 11.3 Å². The first-order chi connectivity index (χ1) is 14.9. The van der Waals surface area contributed by atoms with Crippen LogP contribution >= 0.6 is 0 Å². The minimum atomic E-state index is -1.14. The standard InChI is InChI=1S/C21H25N5O5/c1-4-30-18-7-6-15(10-19(18)31-5-2)12-25-13-16(11-22-25)23-20(27)14(3)26-9-8-17(24-26)21(28)29/h6-11,13-14H,4-5,12H2,1-3H3,(H,23,27)(H,28,29). The number of hydrogen-bond donors (Lipinski definition) is 2. The van der Waals surface area contributed by atoms with E-state index in [0.29, 0.717) is 36.9 Å². The summed E-state index contributed by atoms with van der Waals surface area (Å²) in [5.41, 5.74) is 1.38. The van der Waals surface area contributed by atoms with Gasteiger partial charge in [0.2, 0.25) is 5.91 Å². The van der Waals surface area contributed by atoms with Gasteiger partial charge >= 0.3 is 5.97 Å². The molecule has 1 atom stereocenters. The first-order valence-electron chi connectivity index (χ1n) is 9.91. The number of aromatic carboxylic acids is 1. The number of carboxylic acid groups (broad SMARTS) is 1. The van der Waals surface area contributed by atoms with E-state index in [-0.39, 0.29) is 11.6 Å². The van der Waals surface area contributed by atoms with Crippen LogP contribution in [-0.4, -0.2) is 49.8 Å². The third-order valence-electron chi connectivity index (χ3n) is 4.46. The second-order valence-corrected chi connectivity index (χ2v) is 6.73. The highest BCUT2D eigenvalue weighted by atomic mass is 16.5. The lowest BCUT2D eigenvalue weighted by Crippen LogP contribution is -2.24. The molecule has 1 unspecified atom stereocenters. The van der Waals surface area contributed by atoms with Crippen molar-refractivity contribution in [1.29, 1.82) is 0 Å². The Morgan fingerprint density at radius 2 is 1.90 bits per heavy atom. The Morgan fingerprint density at radius 1 is 1.16 bits per heavy atom. The van der Waals surface area contributed by atoms with Crippen LogP contribution in [0.4, 0.5) is 5.69 Å². The summed E-state index contributed by atoms with van der Waals surface area (Å²) in [6.45, 7) is 7.03. The number of anilines is 1. The number of carboxylic acids is 1. The van der Waals surface area contributed by atoms with Crippen molar-refractivity contribution >= 4 is 17.6 Å². The van der Waals surface area contributed by atoms with E-state index in [4.69, 9.17) is 14.6 Å². The molecule has 2 aromatic heterocycles. The van der Waals surface area contributed by atoms with Crippen molar-refractivity contribution in [3.63, 3.8) is 0 Å². The number of rotatable bonds is 10. The summed E-state index contributed by atoms with van der Waals surface area (Å²) in [5, 5.41) is 19.9. The molecule has 1 amide bonds. The van der Waals surface area contributed by atoms with Crippen molar-refractivity contribution in [3.05, 3.63) is 54.1 Å². The number of nitrogens with one attached hydrogen (secondary N) is 1. The average Bonchev–Trinajstić information content (AvgIpc) is 3.39. The Bertz CT molecular complexity index is 1060. The highest BCUT2D eigenvalue weighted by Gasteiger charge is 2.18. The predicted molar refractivity (Wildman–Crippen MR) is 113 cm³/mol. The summed E-state index contributed by atoms with van der Waals surface area (Å²) >= 11 is 0. The summed E-state index contributed by atoms with van der Waals surface area (Å²) in [5.74, 6) is -0.106. The number of aromatic nitrogens is 4. The maximum atomic E-state index is 12.5. The smallest absolute Gasteiger partial charge is 0.356 e. The van der Waals surface area contributed by atoms with Crippen LogP contribution in [0.5, 0.6) is 11.5 Å². The van der Waals surface area contributed by atoms with Gasteiger partial charge in [-0.05, 0) is 44.5 Å². The summed E-state index contributed by atoms with van der Waals surface area (Å²) in [7, 11) is 0. The Labute approximate surface area is 179 Å². The Kier molecular flexibility index (Phi) is 6.91. The lowest BCUT2D eigenvalue weighted by molar-refractivity contribution is -0.119. The van der Waals surface area contributed by atoms with E-state index in [1.807, 2.05) is 32.0 Å². The molecule has 0 saturated carbocycles. The van der Waals surface area contributed by atoms with Crippen molar-refractivity contribution in [2.75, 3.05) is 18.5 Å². The van der Waals surface area contributed by atoms with Crippen LogP contribution in [0, 0.1) is 0 Å². The zero-order valence-corrected chi connectivity index (χ0v) is 17.6. The van der Waals surface area contributed by atoms with Crippen LogP contribution in [0.25, 0.3) is 0 Å². The highest BCUT2D eigenvalue weighted by Crippen LogP contribution is 2.29. The van der Waals surface area contributed by atoms with Gasteiger partial charge in [-0.2, -0.15) is 10.2 Å². The van der Waals surface area contributed by atoms with Crippen LogP contribution in [0.15, 0.2) is 42.9 Å². The molecule has 3 aromatic rings. The monoisotopic (exact) mass is 427 g/mol. The van der Waals surface area contributed by atoms with Crippen molar-refractivity contribution in [2.45, 2.75) is 33.4 Å². The van der Waals surface area contributed by atoms with E-state index in [9.17, 15) is 9.59 Å². The van der Waals surface area contributed by atoms with Gasteiger partial charge in [-0.3, -0.25) is 14.2 Å². The molecule has 0 radical (unpaired) electrons. The van der Waals surface area contributed by atoms with Gasteiger partial charge in [-0.1, -0.05) is 6.07 Å². The van der Waals surface area contributed by atoms with Gasteiger partial charge in [0, 0.05) is 12.4 Å². The van der Waals surface area contributed by atoms with E-state index in [0.717, 1.165) is 5.56 Å². The van der Waals surface area contributed by atoms with Gasteiger partial charge in [0.15, 0.2) is 17.2 Å². The largest absolute Gasteiger partial charge is 0.490 e. The molecule has 0 saturated heterocycles. The van der Waals surface area contributed by atoms with Gasteiger partial charge in [0.25, 0.3) is 0 Å². The van der Waals surface area contributed by atoms with E-state index >= 15 is 0 Å². The van der Waals surface area contributed by atoms with E-state index in [1.165, 1.54) is 16.9 Å². The zero-order chi connectivity index (χ0) is 22.4. The number of carbonyl (C=O) groups is 2. The number of nitrogens with zero attached hydrogens (tertiary/aromatic N) is 4. The fourth-order valence-electron chi connectivity index (χ4n) is 2.93. The molecule has 2 N–H and O–H groups in total. The number of amides is 1. The third kappa shape index (κ3) is 5.41. The quantitative estimate of drug-likeness (QED) is 0.510. The van der Waals surface area contributed by atoms with Crippen LogP contribution in [0.1, 0.15) is 42.9 Å². The molecule has 10 heteroatoms. The Morgan fingerprint density at radius 3 is 2.58 bits per heavy atom. The highest BCUT2D eigenvalue weighted by molar-refractivity contribution is 5.93. The van der Waals surface area contributed by atoms with Gasteiger partial charge in [0.1, 0.15) is 6.04 Å². The van der Waals surface area contributed by atoms with E-state index in [1.54, 1.807) is 24.0 Å². The van der Waals surface area contributed by atoms with E-state index in [2.05, 4.69) is 15.5 Å². The first kappa shape index (κ1) is 21.9. The van der Waals surface area contributed by atoms with Gasteiger partial charge in [-0.25, -0.2) is 4.79 Å². The van der Waals surface area contributed by atoms with Crippen molar-refractivity contribution in [1.82, 2.24) is 19.6 Å². The second-order valence-electron chi connectivity index (χ2n) is 6.73. The molecular weight excluding hydrogens is 402 g/mol. The van der Waals surface area contributed by atoms with Gasteiger partial charge < -0.3 is 19.9 Å². The Balaban J connectivity index is 1.65. The fourth-order valence-corrected chi connectivity index (χ4v) is 2.93. The predicted octanol–water partition coefficient (Wildman–Crippen LogP) is 2.82. The molecule has 2 heterocycles. The molecule has 0 bridgehead atoms. The summed E-state index contributed by atoms with van der Waals surface area (Å²) in [4.78, 5) is 23.4. The van der Waals surface area contributed by atoms with Crippen LogP contribution in [0.3, 0.4) is 0 Å². The minimum Gasteiger partial charge on any atom is -0.490 e. The Hall–Kier alpha value is -3.82. The molecule has 0 aliphatic carbocycles. The lowest BCUT2D eigenvalue weighted by Gasteiger charge is -2.12. The number of carbonyl (C=O) groups excluding carboxylic acids is 1. The fraction of sp³-hybridized carbons (Fsp3) is 0.333. The molecule has 31 heavy (non-hydrogen) atoms. The first-order valence-corrected chi connectivity index (χ1v) is 9.91.